The quantitative estimate of drug-likeness (QED) is 0.282. The first-order chi connectivity index (χ1) is 15.9. The van der Waals surface area contributed by atoms with Crippen LogP contribution in [0.2, 0.25) is 0 Å². The molecule has 0 N–H and O–H groups in total. The lowest BCUT2D eigenvalue weighted by Crippen LogP contribution is -2.39. The number of rotatable bonds is 8. The molecule has 10 nitrogen and oxygen atoms in total. The highest BCUT2D eigenvalue weighted by Crippen LogP contribution is 2.30. The summed E-state index contributed by atoms with van der Waals surface area (Å²) in [6, 6.07) is 13.9. The van der Waals surface area contributed by atoms with Gasteiger partial charge < -0.3 is 9.30 Å². The lowest BCUT2D eigenvalue weighted by Gasteiger charge is -2.16. The van der Waals surface area contributed by atoms with Crippen molar-refractivity contribution in [1.29, 1.82) is 5.26 Å². The molecule has 3 aromatic rings. The van der Waals surface area contributed by atoms with Crippen LogP contribution in [0.3, 0.4) is 0 Å². The Labute approximate surface area is 192 Å². The number of hydrogen-bond acceptors (Lipinski definition) is 8. The maximum absolute atomic E-state index is 13.0. The van der Waals surface area contributed by atoms with Crippen molar-refractivity contribution in [2.24, 2.45) is 5.92 Å². The number of ether oxygens (including phenoxy) is 1. The number of fused-ring (bicyclic) bond motifs is 3. The van der Waals surface area contributed by atoms with Crippen molar-refractivity contribution in [2.75, 3.05) is 24.3 Å². The Morgan fingerprint density at radius 1 is 1.30 bits per heavy atom. The minimum atomic E-state index is -1.44. The zero-order chi connectivity index (χ0) is 23.5. The van der Waals surface area contributed by atoms with Crippen molar-refractivity contribution < 1.29 is 19.2 Å². The SMILES string of the molecule is COc1ccc(CSCC(=O)C(C#N)C(=O)N2CCn3c2nc2ccccc23)cc1[N+](=O)[O-]. The number of nitrogens with zero attached hydrogens (tertiary/aromatic N) is 5. The van der Waals surface area contributed by atoms with E-state index in [2.05, 4.69) is 4.98 Å². The van der Waals surface area contributed by atoms with Gasteiger partial charge in [0.05, 0.1) is 34.9 Å². The molecule has 2 heterocycles. The summed E-state index contributed by atoms with van der Waals surface area (Å²) in [5, 5.41) is 20.7. The molecule has 11 heteroatoms. The van der Waals surface area contributed by atoms with E-state index in [9.17, 15) is 25.0 Å². The normalized spacial score (nSPS) is 13.4. The number of hydrogen-bond donors (Lipinski definition) is 0. The summed E-state index contributed by atoms with van der Waals surface area (Å²) in [6.45, 7) is 0.888. The van der Waals surface area contributed by atoms with Crippen molar-refractivity contribution in [2.45, 2.75) is 12.3 Å². The van der Waals surface area contributed by atoms with Crippen LogP contribution in [-0.4, -0.2) is 45.6 Å². The van der Waals surface area contributed by atoms with Gasteiger partial charge in [-0.2, -0.15) is 5.26 Å². The molecule has 1 amide bonds. The summed E-state index contributed by atoms with van der Waals surface area (Å²) in [4.78, 5) is 42.2. The number of carbonyl (C=O) groups excluding carboxylic acids is 2. The first-order valence-corrected chi connectivity index (χ1v) is 11.2. The third-order valence-electron chi connectivity index (χ3n) is 5.34. The van der Waals surface area contributed by atoms with E-state index >= 15 is 0 Å². The van der Waals surface area contributed by atoms with E-state index in [0.717, 1.165) is 11.0 Å². The molecule has 1 unspecified atom stereocenters. The number of methoxy groups -OCH3 is 1. The largest absolute Gasteiger partial charge is 0.490 e. The second-order valence-corrected chi connectivity index (χ2v) is 8.31. The zero-order valence-corrected chi connectivity index (χ0v) is 18.4. The molecule has 0 saturated carbocycles. The smallest absolute Gasteiger partial charge is 0.311 e. The third-order valence-corrected chi connectivity index (χ3v) is 6.37. The van der Waals surface area contributed by atoms with Crippen LogP contribution in [0.25, 0.3) is 11.0 Å². The molecular weight excluding hydrogens is 446 g/mol. The molecule has 1 aliphatic heterocycles. The Hall–Kier alpha value is -3.91. The van der Waals surface area contributed by atoms with Gasteiger partial charge in [-0.1, -0.05) is 18.2 Å². The number of benzene rings is 2. The van der Waals surface area contributed by atoms with Gasteiger partial charge in [0.2, 0.25) is 5.95 Å². The van der Waals surface area contributed by atoms with Crippen LogP contribution < -0.4 is 9.64 Å². The van der Waals surface area contributed by atoms with Crippen molar-refractivity contribution in [1.82, 2.24) is 9.55 Å². The molecular formula is C22H19N5O5S. The molecule has 33 heavy (non-hydrogen) atoms. The minimum absolute atomic E-state index is 0.0753. The van der Waals surface area contributed by atoms with Gasteiger partial charge >= 0.3 is 5.69 Å². The van der Waals surface area contributed by atoms with E-state index in [1.54, 1.807) is 6.07 Å². The Morgan fingerprint density at radius 3 is 2.82 bits per heavy atom. The fourth-order valence-electron chi connectivity index (χ4n) is 3.74. The topological polar surface area (TPSA) is 131 Å². The molecule has 0 radical (unpaired) electrons. The highest BCUT2D eigenvalue weighted by atomic mass is 32.2. The lowest BCUT2D eigenvalue weighted by atomic mass is 10.1. The molecule has 4 rings (SSSR count). The monoisotopic (exact) mass is 465 g/mol. The summed E-state index contributed by atoms with van der Waals surface area (Å²) in [6.07, 6.45) is 0. The molecule has 1 atom stereocenters. The highest BCUT2D eigenvalue weighted by Gasteiger charge is 2.36. The molecule has 1 aromatic heterocycles. The van der Waals surface area contributed by atoms with E-state index < -0.39 is 22.5 Å². The number of ketones is 1. The number of Topliss-reactive ketones (excluding diaryl/α,β-unsaturated/α-hetero) is 1. The standard InChI is InChI=1S/C22H19N5O5S/c1-32-20-7-6-14(10-18(20)27(30)31)12-33-13-19(28)15(11-23)21(29)26-9-8-25-17-5-3-2-4-16(17)24-22(25)26/h2-7,10,15H,8-9,12-13H2,1H3. The Bertz CT molecular complexity index is 1300. The average molecular weight is 465 g/mol. The molecule has 0 saturated heterocycles. The Kier molecular flexibility index (Phi) is 6.28. The number of thioether (sulfide) groups is 1. The number of nitriles is 1. The molecule has 0 bridgehead atoms. The summed E-state index contributed by atoms with van der Waals surface area (Å²) >= 11 is 1.19. The molecule has 0 aliphatic carbocycles. The van der Waals surface area contributed by atoms with E-state index in [4.69, 9.17) is 4.74 Å². The van der Waals surface area contributed by atoms with Gasteiger partial charge in [-0.15, -0.1) is 11.8 Å². The third kappa shape index (κ3) is 4.25. The Balaban J connectivity index is 1.41. The predicted molar refractivity (Wildman–Crippen MR) is 122 cm³/mol. The number of aromatic nitrogens is 2. The number of nitro groups is 1. The predicted octanol–water partition coefficient (Wildman–Crippen LogP) is 2.94. The van der Waals surface area contributed by atoms with Gasteiger partial charge in [0.25, 0.3) is 5.91 Å². The lowest BCUT2D eigenvalue weighted by molar-refractivity contribution is -0.385. The summed E-state index contributed by atoms with van der Waals surface area (Å²) in [5.41, 5.74) is 2.11. The molecule has 168 valence electrons. The zero-order valence-electron chi connectivity index (χ0n) is 17.6. The molecule has 0 spiro atoms. The van der Waals surface area contributed by atoms with Crippen molar-refractivity contribution in [3.8, 4) is 11.8 Å². The van der Waals surface area contributed by atoms with Gasteiger partial charge in [-0.25, -0.2) is 4.98 Å². The molecule has 0 fully saturated rings. The van der Waals surface area contributed by atoms with E-state index in [1.807, 2.05) is 34.9 Å². The number of carbonyl (C=O) groups is 2. The molecule has 2 aromatic carbocycles. The number of imidazole rings is 1. The second kappa shape index (κ2) is 9.30. The van der Waals surface area contributed by atoms with E-state index in [1.165, 1.54) is 35.9 Å². The number of amides is 1. The van der Waals surface area contributed by atoms with Crippen LogP contribution in [0.5, 0.6) is 5.75 Å². The summed E-state index contributed by atoms with van der Waals surface area (Å²) in [7, 11) is 1.35. The molecule has 1 aliphatic rings. The van der Waals surface area contributed by atoms with Crippen molar-refractivity contribution in [3.63, 3.8) is 0 Å². The van der Waals surface area contributed by atoms with Gasteiger partial charge in [0.1, 0.15) is 0 Å². The van der Waals surface area contributed by atoms with E-state index in [-0.39, 0.29) is 17.2 Å². The van der Waals surface area contributed by atoms with E-state index in [0.29, 0.717) is 30.4 Å². The highest BCUT2D eigenvalue weighted by molar-refractivity contribution is 7.99. The van der Waals surface area contributed by atoms with Crippen molar-refractivity contribution >= 4 is 46.1 Å². The van der Waals surface area contributed by atoms with Crippen LogP contribution in [-0.2, 0) is 21.9 Å². The van der Waals surface area contributed by atoms with Crippen LogP contribution in [0.15, 0.2) is 42.5 Å². The van der Waals surface area contributed by atoms with Crippen LogP contribution in [0, 0.1) is 27.4 Å². The van der Waals surface area contributed by atoms with Crippen LogP contribution in [0.4, 0.5) is 11.6 Å². The fourth-order valence-corrected chi connectivity index (χ4v) is 4.62. The number of nitro benzene ring substituents is 1. The van der Waals surface area contributed by atoms with Crippen LogP contribution in [0.1, 0.15) is 5.56 Å². The summed E-state index contributed by atoms with van der Waals surface area (Å²) in [5.74, 6) is -1.71. The summed E-state index contributed by atoms with van der Waals surface area (Å²) < 4.78 is 6.88. The first-order valence-electron chi connectivity index (χ1n) is 10.0. The maximum atomic E-state index is 13.0. The van der Waals surface area contributed by atoms with Crippen molar-refractivity contribution in [3.05, 3.63) is 58.1 Å². The fraction of sp³-hybridized carbons (Fsp3) is 0.273. The van der Waals surface area contributed by atoms with Gasteiger partial charge in [-0.3, -0.25) is 24.6 Å². The minimum Gasteiger partial charge on any atom is -0.490 e. The second-order valence-electron chi connectivity index (χ2n) is 7.33. The first kappa shape index (κ1) is 22.3. The number of para-hydroxylation sites is 2. The van der Waals surface area contributed by atoms with Gasteiger partial charge in [0.15, 0.2) is 17.5 Å². The maximum Gasteiger partial charge on any atom is 0.311 e. The van der Waals surface area contributed by atoms with Gasteiger partial charge in [-0.05, 0) is 23.8 Å². The van der Waals surface area contributed by atoms with Crippen LogP contribution >= 0.6 is 11.8 Å². The number of anilines is 1. The average Bonchev–Trinajstić information content (AvgIpc) is 3.38. The van der Waals surface area contributed by atoms with Gasteiger partial charge in [0, 0.05) is 24.9 Å². The Morgan fingerprint density at radius 2 is 2.09 bits per heavy atom.